The summed E-state index contributed by atoms with van der Waals surface area (Å²) in [6.07, 6.45) is 1.44. The number of halogens is 2. The van der Waals surface area contributed by atoms with Gasteiger partial charge in [-0.1, -0.05) is 35.3 Å². The van der Waals surface area contributed by atoms with Crippen LogP contribution in [0.4, 0.5) is 28.7 Å². The number of nitrogen functional groups attached to an aromatic ring is 1. The third kappa shape index (κ3) is 3.95. The highest BCUT2D eigenvalue weighted by atomic mass is 35.5. The van der Waals surface area contributed by atoms with E-state index < -0.39 is 0 Å². The van der Waals surface area contributed by atoms with Crippen molar-refractivity contribution >= 4 is 51.9 Å². The summed E-state index contributed by atoms with van der Waals surface area (Å²) in [7, 11) is 0. The second kappa shape index (κ2) is 7.17. The monoisotopic (exact) mass is 373 g/mol. The zero-order valence-corrected chi connectivity index (χ0v) is 15.3. The number of aryl methyl sites for hydroxylation is 2. The zero-order valence-electron chi connectivity index (χ0n) is 13.8. The smallest absolute Gasteiger partial charge is 0.159 e. The number of aromatic nitrogens is 2. The predicted molar refractivity (Wildman–Crippen MR) is 105 cm³/mol. The average Bonchev–Trinajstić information content (AvgIpc) is 2.58. The van der Waals surface area contributed by atoms with Crippen LogP contribution < -0.4 is 16.4 Å². The largest absolute Gasteiger partial charge is 0.393 e. The van der Waals surface area contributed by atoms with Crippen molar-refractivity contribution in [1.82, 2.24) is 9.97 Å². The van der Waals surface area contributed by atoms with Crippen molar-refractivity contribution in [2.24, 2.45) is 0 Å². The highest BCUT2D eigenvalue weighted by Gasteiger charge is 2.10. The Morgan fingerprint density at radius 1 is 0.800 bits per heavy atom. The molecule has 0 unspecified atom stereocenters. The van der Waals surface area contributed by atoms with E-state index in [2.05, 4.69) is 20.6 Å². The van der Waals surface area contributed by atoms with Crippen LogP contribution in [0, 0.1) is 13.8 Å². The van der Waals surface area contributed by atoms with E-state index in [0.717, 1.165) is 22.5 Å². The van der Waals surface area contributed by atoms with E-state index in [0.29, 0.717) is 27.4 Å². The Morgan fingerprint density at radius 2 is 1.24 bits per heavy atom. The number of benzene rings is 2. The Morgan fingerprint density at radius 3 is 1.64 bits per heavy atom. The van der Waals surface area contributed by atoms with E-state index in [-0.39, 0.29) is 0 Å². The van der Waals surface area contributed by atoms with Gasteiger partial charge in [-0.15, -0.1) is 0 Å². The van der Waals surface area contributed by atoms with E-state index in [1.807, 2.05) is 50.2 Å². The molecule has 128 valence electrons. The van der Waals surface area contributed by atoms with Gasteiger partial charge in [0.2, 0.25) is 0 Å². The van der Waals surface area contributed by atoms with Crippen molar-refractivity contribution in [3.8, 4) is 0 Å². The summed E-state index contributed by atoms with van der Waals surface area (Å²) in [6.45, 7) is 3.89. The van der Waals surface area contributed by atoms with E-state index in [4.69, 9.17) is 28.9 Å². The molecular weight excluding hydrogens is 357 g/mol. The van der Waals surface area contributed by atoms with Gasteiger partial charge in [0.05, 0.1) is 0 Å². The number of anilines is 5. The zero-order chi connectivity index (χ0) is 18.0. The lowest BCUT2D eigenvalue weighted by Gasteiger charge is -2.13. The molecular formula is C18H17Cl2N5. The molecule has 3 rings (SSSR count). The Bertz CT molecular complexity index is 856. The summed E-state index contributed by atoms with van der Waals surface area (Å²) in [5, 5.41) is 7.66. The van der Waals surface area contributed by atoms with Crippen LogP contribution in [0.2, 0.25) is 10.0 Å². The second-order valence-corrected chi connectivity index (χ2v) is 6.48. The molecule has 0 spiro atoms. The molecule has 0 radical (unpaired) electrons. The number of nitrogens with one attached hydrogen (secondary N) is 2. The van der Waals surface area contributed by atoms with Gasteiger partial charge in [0.25, 0.3) is 0 Å². The van der Waals surface area contributed by atoms with Gasteiger partial charge in [0.1, 0.15) is 12.0 Å². The summed E-state index contributed by atoms with van der Waals surface area (Å²) in [4.78, 5) is 8.41. The molecule has 25 heavy (non-hydrogen) atoms. The SMILES string of the molecule is Cc1ccc(Nc2ncnc(Nc3ccc(C)c(Cl)c3)c2N)cc1Cl. The first-order valence-electron chi connectivity index (χ1n) is 7.61. The first-order valence-corrected chi connectivity index (χ1v) is 8.36. The molecule has 0 aliphatic rings. The summed E-state index contributed by atoms with van der Waals surface area (Å²) < 4.78 is 0. The van der Waals surface area contributed by atoms with Gasteiger partial charge >= 0.3 is 0 Å². The fourth-order valence-corrected chi connectivity index (χ4v) is 2.57. The summed E-state index contributed by atoms with van der Waals surface area (Å²) >= 11 is 12.3. The minimum atomic E-state index is 0.399. The first-order chi connectivity index (χ1) is 11.9. The van der Waals surface area contributed by atoms with Crippen molar-refractivity contribution in [2.45, 2.75) is 13.8 Å². The average molecular weight is 374 g/mol. The number of nitrogens with zero attached hydrogens (tertiary/aromatic N) is 2. The molecule has 5 nitrogen and oxygen atoms in total. The summed E-state index contributed by atoms with van der Waals surface area (Å²) in [5.41, 5.74) is 10.2. The fraction of sp³-hybridized carbons (Fsp3) is 0.111. The van der Waals surface area contributed by atoms with Gasteiger partial charge < -0.3 is 16.4 Å². The predicted octanol–water partition coefficient (Wildman–Crippen LogP) is 5.47. The maximum Gasteiger partial charge on any atom is 0.159 e. The van der Waals surface area contributed by atoms with E-state index in [9.17, 15) is 0 Å². The van der Waals surface area contributed by atoms with Crippen LogP contribution in [0.3, 0.4) is 0 Å². The third-order valence-corrected chi connectivity index (χ3v) is 4.57. The van der Waals surface area contributed by atoms with Gasteiger partial charge in [-0.05, 0) is 49.2 Å². The number of hydrogen-bond acceptors (Lipinski definition) is 5. The number of nitrogens with two attached hydrogens (primary N) is 1. The van der Waals surface area contributed by atoms with Crippen LogP contribution in [-0.2, 0) is 0 Å². The first kappa shape index (κ1) is 17.3. The van der Waals surface area contributed by atoms with Crippen molar-refractivity contribution in [3.05, 3.63) is 63.9 Å². The molecule has 0 saturated carbocycles. The van der Waals surface area contributed by atoms with E-state index in [1.165, 1.54) is 6.33 Å². The molecule has 4 N–H and O–H groups in total. The Hall–Kier alpha value is -2.50. The van der Waals surface area contributed by atoms with Crippen LogP contribution >= 0.6 is 23.2 Å². The van der Waals surface area contributed by atoms with Gasteiger partial charge in [-0.25, -0.2) is 9.97 Å². The summed E-state index contributed by atoms with van der Waals surface area (Å²) in [6, 6.07) is 11.3. The Balaban J connectivity index is 1.86. The standard InChI is InChI=1S/C18H17Cl2N5/c1-10-3-5-12(7-14(10)19)24-17-16(21)18(23-9-22-17)25-13-6-4-11(2)15(20)8-13/h3-9H,21H2,1-2H3,(H2,22,23,24,25). The molecule has 7 heteroatoms. The van der Waals surface area contributed by atoms with Crippen molar-refractivity contribution in [2.75, 3.05) is 16.4 Å². The van der Waals surface area contributed by atoms with Crippen molar-refractivity contribution < 1.29 is 0 Å². The lowest BCUT2D eigenvalue weighted by molar-refractivity contribution is 1.17. The Labute approximate surface area is 156 Å². The van der Waals surface area contributed by atoms with Crippen LogP contribution in [0.1, 0.15) is 11.1 Å². The van der Waals surface area contributed by atoms with Gasteiger partial charge in [0.15, 0.2) is 11.6 Å². The van der Waals surface area contributed by atoms with Crippen LogP contribution in [0.25, 0.3) is 0 Å². The maximum absolute atomic E-state index is 6.20. The van der Waals surface area contributed by atoms with Gasteiger partial charge in [0, 0.05) is 21.4 Å². The number of hydrogen-bond donors (Lipinski definition) is 3. The van der Waals surface area contributed by atoms with Gasteiger partial charge in [-0.3, -0.25) is 0 Å². The maximum atomic E-state index is 6.20. The van der Waals surface area contributed by atoms with Crippen LogP contribution in [-0.4, -0.2) is 9.97 Å². The molecule has 0 saturated heterocycles. The minimum Gasteiger partial charge on any atom is -0.393 e. The molecule has 1 heterocycles. The Kier molecular flexibility index (Phi) is 4.97. The molecule has 0 aliphatic carbocycles. The highest BCUT2D eigenvalue weighted by Crippen LogP contribution is 2.30. The molecule has 3 aromatic rings. The van der Waals surface area contributed by atoms with Crippen LogP contribution in [0.15, 0.2) is 42.7 Å². The molecule has 0 bridgehead atoms. The quantitative estimate of drug-likeness (QED) is 0.565. The van der Waals surface area contributed by atoms with Gasteiger partial charge in [-0.2, -0.15) is 0 Å². The third-order valence-electron chi connectivity index (χ3n) is 3.75. The highest BCUT2D eigenvalue weighted by molar-refractivity contribution is 6.32. The summed E-state index contributed by atoms with van der Waals surface area (Å²) in [5.74, 6) is 0.992. The van der Waals surface area contributed by atoms with Crippen LogP contribution in [0.5, 0.6) is 0 Å². The molecule has 1 aromatic heterocycles. The number of rotatable bonds is 4. The molecule has 0 aliphatic heterocycles. The van der Waals surface area contributed by atoms with Crippen molar-refractivity contribution in [3.63, 3.8) is 0 Å². The molecule has 0 amide bonds. The minimum absolute atomic E-state index is 0.399. The topological polar surface area (TPSA) is 75.9 Å². The lowest BCUT2D eigenvalue weighted by Crippen LogP contribution is -2.05. The molecule has 0 atom stereocenters. The van der Waals surface area contributed by atoms with E-state index >= 15 is 0 Å². The van der Waals surface area contributed by atoms with E-state index in [1.54, 1.807) is 0 Å². The second-order valence-electron chi connectivity index (χ2n) is 5.66. The fourth-order valence-electron chi connectivity index (χ4n) is 2.21. The normalized spacial score (nSPS) is 10.6. The lowest BCUT2D eigenvalue weighted by atomic mass is 10.2. The van der Waals surface area contributed by atoms with Crippen molar-refractivity contribution in [1.29, 1.82) is 0 Å². The molecule has 2 aromatic carbocycles. The molecule has 0 fully saturated rings.